The maximum Gasteiger partial charge on any atom is 0.134 e. The minimum Gasteiger partial charge on any atom is -0.508 e. The highest BCUT2D eigenvalue weighted by Gasteiger charge is 2.09. The second-order valence-electron chi connectivity index (χ2n) is 5.60. The van der Waals surface area contributed by atoms with Gasteiger partial charge in [-0.05, 0) is 54.8 Å². The van der Waals surface area contributed by atoms with E-state index in [9.17, 15) is 10.4 Å². The van der Waals surface area contributed by atoms with Gasteiger partial charge in [-0.2, -0.15) is 5.26 Å². The normalized spacial score (nSPS) is 11.3. The number of aromatic hydroxyl groups is 1. The van der Waals surface area contributed by atoms with Crippen molar-refractivity contribution in [2.45, 2.75) is 13.8 Å². The van der Waals surface area contributed by atoms with Gasteiger partial charge < -0.3 is 5.11 Å². The molecule has 0 bridgehead atoms. The molecule has 0 unspecified atom stereocenters. The molecular weight excluding hydrogens is 316 g/mol. The summed E-state index contributed by atoms with van der Waals surface area (Å²) in [4.78, 5) is 4.61. The Hall–Kier alpha value is -2.90. The Kier molecular flexibility index (Phi) is 4.45. The zero-order valence-electron chi connectivity index (χ0n) is 13.4. The van der Waals surface area contributed by atoms with Gasteiger partial charge >= 0.3 is 0 Å². The fraction of sp³-hybridized carbons (Fsp3) is 0.100. The van der Waals surface area contributed by atoms with Crippen LogP contribution in [-0.4, -0.2) is 10.1 Å². The number of hydrogen-bond donors (Lipinski definition) is 1. The number of thiazole rings is 1. The van der Waals surface area contributed by atoms with Crippen LogP contribution in [0.1, 0.15) is 21.7 Å². The summed E-state index contributed by atoms with van der Waals surface area (Å²) >= 11 is 1.46. The van der Waals surface area contributed by atoms with Crippen molar-refractivity contribution in [3.8, 4) is 23.1 Å². The van der Waals surface area contributed by atoms with E-state index in [1.54, 1.807) is 30.3 Å². The van der Waals surface area contributed by atoms with E-state index in [2.05, 4.69) is 43.1 Å². The summed E-state index contributed by atoms with van der Waals surface area (Å²) in [5, 5.41) is 21.5. The van der Waals surface area contributed by atoms with Gasteiger partial charge in [-0.15, -0.1) is 11.3 Å². The van der Waals surface area contributed by atoms with Crippen LogP contribution in [0.25, 0.3) is 22.9 Å². The number of nitrogens with zero attached hydrogens (tertiary/aromatic N) is 2. The van der Waals surface area contributed by atoms with Crippen molar-refractivity contribution in [2.24, 2.45) is 0 Å². The number of rotatable bonds is 3. The van der Waals surface area contributed by atoms with Gasteiger partial charge in [0, 0.05) is 10.9 Å². The van der Waals surface area contributed by atoms with E-state index >= 15 is 0 Å². The molecule has 0 radical (unpaired) electrons. The van der Waals surface area contributed by atoms with Crippen molar-refractivity contribution in [3.05, 3.63) is 69.5 Å². The second-order valence-corrected chi connectivity index (χ2v) is 6.46. The summed E-state index contributed by atoms with van der Waals surface area (Å²) in [7, 11) is 0. The molecule has 0 amide bonds. The number of phenols is 1. The van der Waals surface area contributed by atoms with Crippen LogP contribution >= 0.6 is 11.3 Å². The molecule has 3 aromatic rings. The first-order valence-corrected chi connectivity index (χ1v) is 8.39. The molecule has 4 heteroatoms. The molecule has 0 spiro atoms. The summed E-state index contributed by atoms with van der Waals surface area (Å²) in [5.41, 5.74) is 5.78. The third-order valence-electron chi connectivity index (χ3n) is 3.86. The van der Waals surface area contributed by atoms with Crippen LogP contribution in [0.15, 0.2) is 47.8 Å². The fourth-order valence-electron chi connectivity index (χ4n) is 2.31. The molecular formula is C20H16N2OS. The lowest BCUT2D eigenvalue weighted by Gasteiger charge is -2.02. The van der Waals surface area contributed by atoms with Crippen LogP contribution in [0, 0.1) is 25.2 Å². The first-order valence-electron chi connectivity index (χ1n) is 7.51. The Morgan fingerprint density at radius 2 is 1.88 bits per heavy atom. The topological polar surface area (TPSA) is 56.9 Å². The Bertz CT molecular complexity index is 947. The van der Waals surface area contributed by atoms with Crippen LogP contribution in [0.2, 0.25) is 0 Å². The molecule has 0 saturated heterocycles. The molecule has 2 aromatic carbocycles. The van der Waals surface area contributed by atoms with Gasteiger partial charge in [0.1, 0.15) is 16.8 Å². The molecule has 0 atom stereocenters. The molecule has 0 aliphatic heterocycles. The number of aryl methyl sites for hydroxylation is 2. The quantitative estimate of drug-likeness (QED) is 0.671. The third kappa shape index (κ3) is 3.37. The van der Waals surface area contributed by atoms with E-state index < -0.39 is 0 Å². The van der Waals surface area contributed by atoms with E-state index in [0.29, 0.717) is 10.6 Å². The van der Waals surface area contributed by atoms with Crippen molar-refractivity contribution >= 4 is 23.0 Å². The molecule has 1 aromatic heterocycles. The molecule has 0 fully saturated rings. The molecule has 0 saturated carbocycles. The van der Waals surface area contributed by atoms with Gasteiger partial charge in [0.25, 0.3) is 0 Å². The molecule has 3 nitrogen and oxygen atoms in total. The lowest BCUT2D eigenvalue weighted by atomic mass is 10.1. The minimum absolute atomic E-state index is 0.205. The predicted molar refractivity (Wildman–Crippen MR) is 98.6 cm³/mol. The summed E-state index contributed by atoms with van der Waals surface area (Å²) in [6, 6.07) is 15.2. The number of allylic oxidation sites excluding steroid dienone is 1. The number of benzene rings is 2. The first kappa shape index (κ1) is 16.0. The zero-order chi connectivity index (χ0) is 17.1. The van der Waals surface area contributed by atoms with Gasteiger partial charge in [-0.1, -0.05) is 24.3 Å². The Balaban J connectivity index is 1.94. The van der Waals surface area contributed by atoms with Gasteiger partial charge in [0.05, 0.1) is 11.3 Å². The number of nitriles is 1. The summed E-state index contributed by atoms with van der Waals surface area (Å²) < 4.78 is 0. The monoisotopic (exact) mass is 332 g/mol. The molecule has 3 rings (SSSR count). The molecule has 24 heavy (non-hydrogen) atoms. The van der Waals surface area contributed by atoms with E-state index in [4.69, 9.17) is 0 Å². The minimum atomic E-state index is 0.205. The van der Waals surface area contributed by atoms with E-state index in [1.165, 1.54) is 22.5 Å². The third-order valence-corrected chi connectivity index (χ3v) is 4.74. The van der Waals surface area contributed by atoms with E-state index in [1.807, 2.05) is 5.38 Å². The lowest BCUT2D eigenvalue weighted by molar-refractivity contribution is 0.475. The maximum atomic E-state index is 9.45. The Morgan fingerprint density at radius 1 is 1.12 bits per heavy atom. The van der Waals surface area contributed by atoms with Gasteiger partial charge in [-0.25, -0.2) is 4.98 Å². The second kappa shape index (κ2) is 6.69. The van der Waals surface area contributed by atoms with Crippen LogP contribution < -0.4 is 0 Å². The van der Waals surface area contributed by atoms with Crippen molar-refractivity contribution in [2.75, 3.05) is 0 Å². The van der Waals surface area contributed by atoms with Crippen LogP contribution in [0.3, 0.4) is 0 Å². The summed E-state index contributed by atoms with van der Waals surface area (Å²) in [6.07, 6.45) is 1.78. The van der Waals surface area contributed by atoms with Gasteiger partial charge in [-0.3, -0.25) is 0 Å². The largest absolute Gasteiger partial charge is 0.508 e. The van der Waals surface area contributed by atoms with Crippen LogP contribution in [0.4, 0.5) is 0 Å². The SMILES string of the molecule is Cc1ccc(-c2csc(/C(C#N)=C\c3ccc(O)cc3)n2)cc1C. The lowest BCUT2D eigenvalue weighted by Crippen LogP contribution is -1.85. The van der Waals surface area contributed by atoms with Gasteiger partial charge in [0.2, 0.25) is 0 Å². The summed E-state index contributed by atoms with van der Waals surface area (Å²) in [6.45, 7) is 4.16. The average molecular weight is 332 g/mol. The molecule has 1 heterocycles. The van der Waals surface area contributed by atoms with Crippen LogP contribution in [0.5, 0.6) is 5.75 Å². The highest BCUT2D eigenvalue weighted by Crippen LogP contribution is 2.28. The van der Waals surface area contributed by atoms with Crippen molar-refractivity contribution in [1.82, 2.24) is 4.98 Å². The Labute approximate surface area is 145 Å². The number of phenolic OH excluding ortho intramolecular Hbond substituents is 1. The number of aromatic nitrogens is 1. The molecule has 1 N–H and O–H groups in total. The fourth-order valence-corrected chi connectivity index (χ4v) is 3.10. The van der Waals surface area contributed by atoms with Crippen LogP contribution in [-0.2, 0) is 0 Å². The highest BCUT2D eigenvalue weighted by molar-refractivity contribution is 7.11. The van der Waals surface area contributed by atoms with Crippen molar-refractivity contribution in [1.29, 1.82) is 5.26 Å². The summed E-state index contributed by atoms with van der Waals surface area (Å²) in [5.74, 6) is 0.205. The van der Waals surface area contributed by atoms with E-state index in [-0.39, 0.29) is 5.75 Å². The standard InChI is InChI=1S/C20H16N2OS/c1-13-3-6-16(9-14(13)2)19-12-24-20(22-19)17(11-21)10-15-4-7-18(23)8-5-15/h3-10,12,23H,1-2H3/b17-10-. The highest BCUT2D eigenvalue weighted by atomic mass is 32.1. The smallest absolute Gasteiger partial charge is 0.134 e. The maximum absolute atomic E-state index is 9.45. The first-order chi connectivity index (χ1) is 11.6. The van der Waals surface area contributed by atoms with Crippen molar-refractivity contribution in [3.63, 3.8) is 0 Å². The average Bonchev–Trinajstić information content (AvgIpc) is 3.06. The molecule has 118 valence electrons. The Morgan fingerprint density at radius 3 is 2.54 bits per heavy atom. The predicted octanol–water partition coefficient (Wildman–Crippen LogP) is 5.20. The molecule has 0 aliphatic carbocycles. The number of hydrogen-bond acceptors (Lipinski definition) is 4. The van der Waals surface area contributed by atoms with Gasteiger partial charge in [0.15, 0.2) is 0 Å². The zero-order valence-corrected chi connectivity index (χ0v) is 14.3. The molecule has 0 aliphatic rings. The van der Waals surface area contributed by atoms with Crippen molar-refractivity contribution < 1.29 is 5.11 Å². The van der Waals surface area contributed by atoms with E-state index in [0.717, 1.165) is 16.8 Å².